The number of benzene rings is 1. The third-order valence-electron chi connectivity index (χ3n) is 14.5. The molecule has 8 atom stereocenters. The number of ether oxygens (including phenoxy) is 4. The zero-order valence-corrected chi connectivity index (χ0v) is 46.5. The number of hydrogen-bond donors (Lipinski definition) is 7. The van der Waals surface area contributed by atoms with E-state index in [0.29, 0.717) is 31.0 Å². The largest absolute Gasteiger partial charge is 0.492 e. The molecular formula is C59H110N2O9S. The van der Waals surface area contributed by atoms with Crippen molar-refractivity contribution < 1.29 is 44.5 Å². The van der Waals surface area contributed by atoms with Gasteiger partial charge in [-0.15, -0.1) is 0 Å². The van der Waals surface area contributed by atoms with Crippen molar-refractivity contribution in [3.8, 4) is 5.75 Å². The molecule has 2 rings (SSSR count). The molecule has 0 amide bonds. The van der Waals surface area contributed by atoms with Gasteiger partial charge in [0, 0.05) is 0 Å². The summed E-state index contributed by atoms with van der Waals surface area (Å²) in [7, 11) is 0. The topological polar surface area (TPSA) is 162 Å². The number of aliphatic hydroxyl groups is 5. The highest BCUT2D eigenvalue weighted by Crippen LogP contribution is 2.26. The van der Waals surface area contributed by atoms with Gasteiger partial charge >= 0.3 is 0 Å². The second-order valence-electron chi connectivity index (χ2n) is 20.9. The van der Waals surface area contributed by atoms with Crippen LogP contribution in [0.1, 0.15) is 258 Å². The highest BCUT2D eigenvalue weighted by Gasteiger charge is 2.45. The van der Waals surface area contributed by atoms with Crippen LogP contribution in [0.25, 0.3) is 0 Å². The Morgan fingerprint density at radius 2 is 0.986 bits per heavy atom. The summed E-state index contributed by atoms with van der Waals surface area (Å²) in [6.45, 7) is 7.22. The Labute approximate surface area is 440 Å². The van der Waals surface area contributed by atoms with Gasteiger partial charge in [-0.2, -0.15) is 0 Å². The van der Waals surface area contributed by atoms with Crippen molar-refractivity contribution in [2.75, 3.05) is 31.7 Å². The number of hydrogen-bond acceptors (Lipinski definition) is 11. The van der Waals surface area contributed by atoms with Crippen molar-refractivity contribution >= 4 is 23.1 Å². The summed E-state index contributed by atoms with van der Waals surface area (Å²) >= 11 is 5.39. The summed E-state index contributed by atoms with van der Waals surface area (Å²) in [6, 6.07) is 6.65. The molecule has 1 heterocycles. The molecule has 1 saturated heterocycles. The van der Waals surface area contributed by atoms with Crippen molar-refractivity contribution in [2.24, 2.45) is 0 Å². The molecule has 1 aliphatic rings. The fraction of sp³-hybridized carbons (Fsp3) is 0.881. The minimum absolute atomic E-state index is 0.0151. The van der Waals surface area contributed by atoms with Crippen LogP contribution in [0.3, 0.4) is 0 Å². The van der Waals surface area contributed by atoms with E-state index in [1.165, 1.54) is 193 Å². The smallest absolute Gasteiger partial charge is 0.261 e. The summed E-state index contributed by atoms with van der Waals surface area (Å²) < 4.78 is 23.4. The number of unbranched alkanes of at least 4 members (excludes halogenated alkanes) is 34. The van der Waals surface area contributed by atoms with Crippen molar-refractivity contribution in [1.82, 2.24) is 5.32 Å². The van der Waals surface area contributed by atoms with Gasteiger partial charge in [-0.1, -0.05) is 251 Å². The maximum atomic E-state index is 11.5. The number of thiocarbonyl (C=S) groups is 1. The molecule has 0 unspecified atom stereocenters. The van der Waals surface area contributed by atoms with Gasteiger partial charge < -0.3 is 55.1 Å². The quantitative estimate of drug-likeness (QED) is 0.0245. The summed E-state index contributed by atoms with van der Waals surface area (Å²) in [6.07, 6.45) is 38.4. The first kappa shape index (κ1) is 65.5. The van der Waals surface area contributed by atoms with Crippen molar-refractivity contribution in [3.05, 3.63) is 24.3 Å². The van der Waals surface area contributed by atoms with E-state index in [9.17, 15) is 25.5 Å². The Bertz CT molecular complexity index is 1350. The molecule has 71 heavy (non-hydrogen) atoms. The Morgan fingerprint density at radius 1 is 0.563 bits per heavy atom. The zero-order valence-electron chi connectivity index (χ0n) is 45.7. The Morgan fingerprint density at radius 3 is 1.44 bits per heavy atom. The fourth-order valence-electron chi connectivity index (χ4n) is 9.83. The second kappa shape index (κ2) is 45.8. The van der Waals surface area contributed by atoms with Crippen LogP contribution in [0.5, 0.6) is 5.75 Å². The molecule has 7 N–H and O–H groups in total. The summed E-state index contributed by atoms with van der Waals surface area (Å²) in [5, 5.41) is 61.6. The van der Waals surface area contributed by atoms with Gasteiger partial charge in [0.1, 0.15) is 36.8 Å². The molecule has 1 fully saturated rings. The number of para-hydroxylation sites is 2. The van der Waals surface area contributed by atoms with E-state index in [2.05, 4.69) is 24.5 Å². The number of aliphatic hydroxyl groups excluding tert-OH is 5. The van der Waals surface area contributed by atoms with Crippen LogP contribution in [-0.2, 0) is 14.2 Å². The first-order chi connectivity index (χ1) is 34.7. The monoisotopic (exact) mass is 1020 g/mol. The van der Waals surface area contributed by atoms with E-state index in [4.69, 9.17) is 31.2 Å². The van der Waals surface area contributed by atoms with E-state index >= 15 is 0 Å². The predicted octanol–water partition coefficient (Wildman–Crippen LogP) is 13.8. The normalized spacial score (nSPS) is 19.4. The average molecular weight is 1020 g/mol. The SMILES string of the molecule is CCCCCCCCCCCCCCCCCCCCCCCCCCN[C@@H](CO[C@@H]1O[C@H](COC(=S)Nc2ccccc2OCC)[C@H](O)[C@H](O)[C@H]1O)[C@H](O)[C@H](O)CCCCCCCCCCCCCC. The van der Waals surface area contributed by atoms with Crippen molar-refractivity contribution in [3.63, 3.8) is 0 Å². The maximum absolute atomic E-state index is 11.5. The van der Waals surface area contributed by atoms with Crippen LogP contribution in [0.2, 0.25) is 0 Å². The van der Waals surface area contributed by atoms with Gasteiger partial charge in [0.25, 0.3) is 5.17 Å². The minimum Gasteiger partial charge on any atom is -0.492 e. The van der Waals surface area contributed by atoms with Gasteiger partial charge in [-0.05, 0) is 50.7 Å². The number of anilines is 1. The first-order valence-corrected chi connectivity index (χ1v) is 30.2. The van der Waals surface area contributed by atoms with Crippen LogP contribution in [0.15, 0.2) is 24.3 Å². The van der Waals surface area contributed by atoms with E-state index in [0.717, 1.165) is 38.5 Å². The lowest BCUT2D eigenvalue weighted by Gasteiger charge is -2.40. The molecule has 11 nitrogen and oxygen atoms in total. The van der Waals surface area contributed by atoms with Crippen LogP contribution < -0.4 is 15.4 Å². The Balaban J connectivity index is 1.72. The van der Waals surface area contributed by atoms with Gasteiger partial charge in [0.2, 0.25) is 0 Å². The molecule has 0 spiro atoms. The molecule has 0 bridgehead atoms. The van der Waals surface area contributed by atoms with Crippen molar-refractivity contribution in [2.45, 2.75) is 307 Å². The van der Waals surface area contributed by atoms with Crippen LogP contribution in [-0.4, -0.2) is 106 Å². The minimum atomic E-state index is -1.57. The Hall–Kier alpha value is -1.61. The third kappa shape index (κ3) is 33.1. The van der Waals surface area contributed by atoms with Gasteiger partial charge in [0.05, 0.1) is 37.2 Å². The summed E-state index contributed by atoms with van der Waals surface area (Å²) in [5.41, 5.74) is 0.616. The van der Waals surface area contributed by atoms with Crippen LogP contribution >= 0.6 is 12.2 Å². The van der Waals surface area contributed by atoms with E-state index < -0.39 is 49.0 Å². The molecule has 1 aromatic carbocycles. The highest BCUT2D eigenvalue weighted by molar-refractivity contribution is 7.80. The van der Waals surface area contributed by atoms with Crippen LogP contribution in [0.4, 0.5) is 5.69 Å². The zero-order chi connectivity index (χ0) is 51.4. The molecule has 0 aliphatic carbocycles. The number of nitrogens with one attached hydrogen (secondary N) is 2. The third-order valence-corrected chi connectivity index (χ3v) is 14.7. The van der Waals surface area contributed by atoms with Gasteiger partial charge in [-0.3, -0.25) is 0 Å². The molecule has 1 aromatic rings. The van der Waals surface area contributed by atoms with Gasteiger partial charge in [0.15, 0.2) is 6.29 Å². The molecule has 0 radical (unpaired) electrons. The number of rotatable bonds is 49. The highest BCUT2D eigenvalue weighted by atomic mass is 32.1. The van der Waals surface area contributed by atoms with Gasteiger partial charge in [-0.25, -0.2) is 0 Å². The summed E-state index contributed by atoms with van der Waals surface area (Å²) in [4.78, 5) is 0. The van der Waals surface area contributed by atoms with Crippen molar-refractivity contribution in [1.29, 1.82) is 0 Å². The van der Waals surface area contributed by atoms with E-state index in [1.807, 2.05) is 25.1 Å². The lowest BCUT2D eigenvalue weighted by atomic mass is 9.98. The molecule has 1 aliphatic heterocycles. The first-order valence-electron chi connectivity index (χ1n) is 29.8. The molecule has 0 aromatic heterocycles. The maximum Gasteiger partial charge on any atom is 0.261 e. The summed E-state index contributed by atoms with van der Waals surface area (Å²) in [5.74, 6) is 0.604. The second-order valence-corrected chi connectivity index (χ2v) is 21.3. The van der Waals surface area contributed by atoms with E-state index in [1.54, 1.807) is 6.07 Å². The van der Waals surface area contributed by atoms with E-state index in [-0.39, 0.29) is 18.4 Å². The Kier molecular flexibility index (Phi) is 42.2. The fourth-order valence-corrected chi connectivity index (χ4v) is 10.0. The predicted molar refractivity (Wildman–Crippen MR) is 298 cm³/mol. The molecule has 0 saturated carbocycles. The molecule has 416 valence electrons. The molecule has 12 heteroatoms. The molecular weight excluding hydrogens is 913 g/mol. The van der Waals surface area contributed by atoms with Crippen LogP contribution in [0, 0.1) is 0 Å². The lowest BCUT2D eigenvalue weighted by Crippen LogP contribution is -2.60. The average Bonchev–Trinajstić information content (AvgIpc) is 3.37. The lowest BCUT2D eigenvalue weighted by molar-refractivity contribution is -0.302. The standard InChI is InChI=1S/C59H110N2O9S/c1-4-7-9-11-13-15-17-19-20-21-22-23-24-25-26-27-28-29-30-32-34-36-38-42-46-60-50(54(63)51(62)44-39-37-35-33-31-18-16-14-12-10-8-5-2)47-68-58-57(66)56(65)55(64)53(70-58)48-69-59(71)61-49-43-40-41-45-52(49)67-6-3/h40-41,43,45,50-51,53-58,60,62-66H,4-39,42,44,46-48H2,1-3H3,(H,61,71)/t50-,51+,53+,54-,55-,56-,57+,58+/m0/s1.